The highest BCUT2D eigenvalue weighted by molar-refractivity contribution is 5.09. The summed E-state index contributed by atoms with van der Waals surface area (Å²) in [5, 5.41) is 8.81. The molecule has 1 aliphatic heterocycles. The van der Waals surface area contributed by atoms with Crippen LogP contribution in [-0.4, -0.2) is 23.3 Å². The molecule has 2 rings (SSSR count). The Labute approximate surface area is 82.9 Å². The Morgan fingerprint density at radius 3 is 3.07 bits per heavy atom. The van der Waals surface area contributed by atoms with Crippen LogP contribution >= 0.6 is 0 Å². The van der Waals surface area contributed by atoms with E-state index in [4.69, 9.17) is 14.3 Å². The quantitative estimate of drug-likeness (QED) is 0.795. The summed E-state index contributed by atoms with van der Waals surface area (Å²) in [6.45, 7) is 2.77. The molecule has 0 amide bonds. The number of aliphatic hydroxyl groups excluding tert-OH is 1. The minimum absolute atomic E-state index is 0.0288. The Bertz CT molecular complexity index is 302. The number of hydrogen-bond acceptors (Lipinski definition) is 4. The van der Waals surface area contributed by atoms with Gasteiger partial charge in [-0.25, -0.2) is 4.98 Å². The highest BCUT2D eigenvalue weighted by atomic mass is 16.5. The highest BCUT2D eigenvalue weighted by Gasteiger charge is 2.23. The zero-order valence-corrected chi connectivity index (χ0v) is 8.32. The van der Waals surface area contributed by atoms with Gasteiger partial charge < -0.3 is 14.3 Å². The summed E-state index contributed by atoms with van der Waals surface area (Å²) in [5.74, 6) is 1.47. The van der Waals surface area contributed by atoms with Crippen LogP contribution in [-0.2, 0) is 11.2 Å². The van der Waals surface area contributed by atoms with E-state index in [1.54, 1.807) is 0 Å². The van der Waals surface area contributed by atoms with E-state index >= 15 is 0 Å². The molecule has 0 spiro atoms. The molecule has 1 aliphatic rings. The fraction of sp³-hybridized carbons (Fsp3) is 0.700. The van der Waals surface area contributed by atoms with E-state index in [9.17, 15) is 0 Å². The van der Waals surface area contributed by atoms with Crippen molar-refractivity contribution in [1.82, 2.24) is 4.98 Å². The third-order valence-corrected chi connectivity index (χ3v) is 2.46. The number of hydrogen-bond donors (Lipinski definition) is 1. The van der Waals surface area contributed by atoms with Gasteiger partial charge in [-0.05, 0) is 19.8 Å². The van der Waals surface area contributed by atoms with Crippen LogP contribution in [0.25, 0.3) is 0 Å². The lowest BCUT2D eigenvalue weighted by molar-refractivity contribution is 0.0884. The second-order valence-corrected chi connectivity index (χ2v) is 3.53. The van der Waals surface area contributed by atoms with E-state index in [1.807, 2.05) is 6.92 Å². The molecule has 0 aliphatic carbocycles. The molecule has 1 unspecified atom stereocenters. The van der Waals surface area contributed by atoms with Crippen LogP contribution in [0.1, 0.15) is 36.3 Å². The first-order valence-corrected chi connectivity index (χ1v) is 5.00. The maximum atomic E-state index is 8.81. The van der Waals surface area contributed by atoms with Gasteiger partial charge in [-0.2, -0.15) is 0 Å². The smallest absolute Gasteiger partial charge is 0.223 e. The predicted octanol–water partition coefficient (Wildman–Crippen LogP) is 1.37. The molecular formula is C10H15NO3. The number of nitrogens with zero attached hydrogens (tertiary/aromatic N) is 1. The predicted molar refractivity (Wildman–Crippen MR) is 50.0 cm³/mol. The number of aryl methyl sites for hydroxylation is 1. The van der Waals surface area contributed by atoms with Crippen LogP contribution in [0.5, 0.6) is 0 Å². The van der Waals surface area contributed by atoms with Crippen molar-refractivity contribution in [1.29, 1.82) is 0 Å². The standard InChI is InChI=1S/C10H15NO3/c1-7-8(4-5-12)11-10(14-7)9-3-2-6-13-9/h9,12H,2-6H2,1H3. The molecule has 1 saturated heterocycles. The monoisotopic (exact) mass is 197 g/mol. The fourth-order valence-corrected chi connectivity index (χ4v) is 1.70. The Kier molecular flexibility index (Phi) is 2.84. The molecule has 4 heteroatoms. The summed E-state index contributed by atoms with van der Waals surface area (Å²) in [4.78, 5) is 4.33. The maximum Gasteiger partial charge on any atom is 0.223 e. The van der Waals surface area contributed by atoms with Crippen LogP contribution in [0.4, 0.5) is 0 Å². The first-order chi connectivity index (χ1) is 6.81. The average molecular weight is 197 g/mol. The van der Waals surface area contributed by atoms with Crippen molar-refractivity contribution in [2.24, 2.45) is 0 Å². The number of rotatable bonds is 3. The van der Waals surface area contributed by atoms with Crippen molar-refractivity contribution >= 4 is 0 Å². The second-order valence-electron chi connectivity index (χ2n) is 3.53. The van der Waals surface area contributed by atoms with Gasteiger partial charge in [-0.15, -0.1) is 0 Å². The summed E-state index contributed by atoms with van der Waals surface area (Å²) in [6, 6.07) is 0. The molecule has 1 aromatic heterocycles. The van der Waals surface area contributed by atoms with E-state index in [2.05, 4.69) is 4.98 Å². The van der Waals surface area contributed by atoms with Crippen molar-refractivity contribution in [2.75, 3.05) is 13.2 Å². The molecule has 0 saturated carbocycles. The SMILES string of the molecule is Cc1oc(C2CCCO2)nc1CCO. The van der Waals surface area contributed by atoms with Gasteiger partial charge >= 0.3 is 0 Å². The van der Waals surface area contributed by atoms with Gasteiger partial charge in [-0.1, -0.05) is 0 Å². The summed E-state index contributed by atoms with van der Waals surface area (Å²) in [6.07, 6.45) is 2.64. The minimum Gasteiger partial charge on any atom is -0.443 e. The molecule has 1 aromatic rings. The molecule has 78 valence electrons. The minimum atomic E-state index is 0.0288. The normalized spacial score (nSPS) is 21.7. The fourth-order valence-electron chi connectivity index (χ4n) is 1.70. The topological polar surface area (TPSA) is 55.5 Å². The van der Waals surface area contributed by atoms with Crippen molar-refractivity contribution in [3.05, 3.63) is 17.3 Å². The lowest BCUT2D eigenvalue weighted by atomic mass is 10.2. The first kappa shape index (κ1) is 9.68. The Morgan fingerprint density at radius 2 is 2.43 bits per heavy atom. The van der Waals surface area contributed by atoms with Gasteiger partial charge in [0.1, 0.15) is 11.9 Å². The molecule has 1 atom stereocenters. The Hall–Kier alpha value is -0.870. The summed E-state index contributed by atoms with van der Waals surface area (Å²) in [7, 11) is 0. The van der Waals surface area contributed by atoms with Crippen molar-refractivity contribution < 1.29 is 14.3 Å². The molecule has 1 N–H and O–H groups in total. The average Bonchev–Trinajstić information content (AvgIpc) is 2.76. The van der Waals surface area contributed by atoms with Gasteiger partial charge in [0.05, 0.1) is 5.69 Å². The number of ether oxygens (including phenoxy) is 1. The van der Waals surface area contributed by atoms with Crippen LogP contribution < -0.4 is 0 Å². The molecule has 1 fully saturated rings. The van der Waals surface area contributed by atoms with Crippen LogP contribution in [0.2, 0.25) is 0 Å². The summed E-state index contributed by atoms with van der Waals surface area (Å²) >= 11 is 0. The third-order valence-electron chi connectivity index (χ3n) is 2.46. The van der Waals surface area contributed by atoms with Gasteiger partial charge in [0.2, 0.25) is 5.89 Å². The zero-order chi connectivity index (χ0) is 9.97. The molecular weight excluding hydrogens is 182 g/mol. The second kappa shape index (κ2) is 4.11. The summed E-state index contributed by atoms with van der Waals surface area (Å²) in [5.41, 5.74) is 0.845. The molecule has 2 heterocycles. The van der Waals surface area contributed by atoms with E-state index in [-0.39, 0.29) is 12.7 Å². The lowest BCUT2D eigenvalue weighted by Gasteiger charge is -2.01. The van der Waals surface area contributed by atoms with E-state index in [1.165, 1.54) is 0 Å². The highest BCUT2D eigenvalue weighted by Crippen LogP contribution is 2.28. The molecule has 0 aromatic carbocycles. The number of aromatic nitrogens is 1. The Morgan fingerprint density at radius 1 is 1.57 bits per heavy atom. The van der Waals surface area contributed by atoms with Crippen LogP contribution in [0, 0.1) is 6.92 Å². The van der Waals surface area contributed by atoms with E-state index < -0.39 is 0 Å². The maximum absolute atomic E-state index is 8.81. The van der Waals surface area contributed by atoms with Gasteiger partial charge in [-0.3, -0.25) is 0 Å². The lowest BCUT2D eigenvalue weighted by Crippen LogP contribution is -1.97. The molecule has 4 nitrogen and oxygen atoms in total. The van der Waals surface area contributed by atoms with E-state index in [0.717, 1.165) is 30.9 Å². The van der Waals surface area contributed by atoms with Crippen molar-refractivity contribution in [2.45, 2.75) is 32.3 Å². The van der Waals surface area contributed by atoms with Gasteiger partial charge in [0.25, 0.3) is 0 Å². The number of oxazole rings is 1. The largest absolute Gasteiger partial charge is 0.443 e. The van der Waals surface area contributed by atoms with Crippen LogP contribution in [0.3, 0.4) is 0 Å². The van der Waals surface area contributed by atoms with Crippen LogP contribution in [0.15, 0.2) is 4.42 Å². The molecule has 14 heavy (non-hydrogen) atoms. The summed E-state index contributed by atoms with van der Waals surface area (Å²) < 4.78 is 11.0. The first-order valence-electron chi connectivity index (χ1n) is 5.00. The zero-order valence-electron chi connectivity index (χ0n) is 8.32. The molecule has 0 bridgehead atoms. The van der Waals surface area contributed by atoms with Gasteiger partial charge in [0.15, 0.2) is 0 Å². The molecule has 0 radical (unpaired) electrons. The Balaban J connectivity index is 2.14. The van der Waals surface area contributed by atoms with Gasteiger partial charge in [0, 0.05) is 19.6 Å². The van der Waals surface area contributed by atoms with Crippen molar-refractivity contribution in [3.8, 4) is 0 Å². The van der Waals surface area contributed by atoms with E-state index in [0.29, 0.717) is 12.3 Å². The van der Waals surface area contributed by atoms with Crippen molar-refractivity contribution in [3.63, 3.8) is 0 Å². The number of aliphatic hydroxyl groups is 1. The third kappa shape index (κ3) is 1.81.